The topological polar surface area (TPSA) is 12.0 Å². The number of hydrogen-bond donors (Lipinski definition) is 1. The maximum atomic E-state index is 6.00. The molecule has 2 aromatic carbocycles. The molecule has 2 rings (SSSR count). The van der Waals surface area contributed by atoms with Crippen molar-refractivity contribution in [2.24, 2.45) is 0 Å². The van der Waals surface area contributed by atoms with Crippen molar-refractivity contribution in [1.29, 1.82) is 0 Å². The molecule has 3 heteroatoms. The van der Waals surface area contributed by atoms with Crippen LogP contribution in [-0.2, 0) is 6.54 Å². The monoisotopic (exact) mass is 293 g/mol. The molecule has 0 amide bonds. The highest BCUT2D eigenvalue weighted by atomic mass is 35.5. The molecule has 19 heavy (non-hydrogen) atoms. The second-order valence-electron chi connectivity index (χ2n) is 4.74. The third kappa shape index (κ3) is 3.97. The van der Waals surface area contributed by atoms with Gasteiger partial charge in [-0.15, -0.1) is 0 Å². The van der Waals surface area contributed by atoms with Gasteiger partial charge in [-0.2, -0.15) is 0 Å². The summed E-state index contributed by atoms with van der Waals surface area (Å²) in [5.74, 6) is 0. The Hall–Kier alpha value is -1.02. The molecule has 0 spiro atoms. The van der Waals surface area contributed by atoms with Crippen molar-refractivity contribution in [3.8, 4) is 0 Å². The Kier molecular flexibility index (Phi) is 4.87. The van der Waals surface area contributed by atoms with Gasteiger partial charge in [0, 0.05) is 22.6 Å². The second kappa shape index (κ2) is 6.42. The van der Waals surface area contributed by atoms with Crippen LogP contribution in [0.1, 0.15) is 29.7 Å². The van der Waals surface area contributed by atoms with Crippen LogP contribution in [-0.4, -0.2) is 0 Å². The summed E-state index contributed by atoms with van der Waals surface area (Å²) in [7, 11) is 0. The van der Waals surface area contributed by atoms with Gasteiger partial charge in [-0.1, -0.05) is 47.5 Å². The van der Waals surface area contributed by atoms with Crippen LogP contribution in [0.25, 0.3) is 0 Å². The first-order valence-corrected chi connectivity index (χ1v) is 7.06. The van der Waals surface area contributed by atoms with Crippen molar-refractivity contribution in [3.05, 3.63) is 69.2 Å². The van der Waals surface area contributed by atoms with Gasteiger partial charge in [0.25, 0.3) is 0 Å². The first-order valence-electron chi connectivity index (χ1n) is 6.30. The van der Waals surface area contributed by atoms with Crippen molar-refractivity contribution in [2.45, 2.75) is 26.4 Å². The molecule has 0 saturated carbocycles. The molecule has 0 radical (unpaired) electrons. The highest BCUT2D eigenvalue weighted by molar-refractivity contribution is 6.34. The van der Waals surface area contributed by atoms with Crippen LogP contribution in [0.3, 0.4) is 0 Å². The summed E-state index contributed by atoms with van der Waals surface area (Å²) in [4.78, 5) is 0. The van der Waals surface area contributed by atoms with E-state index in [1.54, 1.807) is 6.07 Å². The SMILES string of the molecule is Cc1ccccc1[C@@H](C)NCc1cc(Cl)cc(Cl)c1. The van der Waals surface area contributed by atoms with E-state index in [-0.39, 0.29) is 0 Å². The molecular formula is C16H17Cl2N. The van der Waals surface area contributed by atoms with E-state index in [1.807, 2.05) is 12.1 Å². The standard InChI is InChI=1S/C16H17Cl2N/c1-11-5-3-4-6-16(11)12(2)19-10-13-7-14(17)9-15(18)8-13/h3-9,12,19H,10H2,1-2H3/t12-/m1/s1. The van der Waals surface area contributed by atoms with E-state index in [0.29, 0.717) is 16.1 Å². The lowest BCUT2D eigenvalue weighted by atomic mass is 10.0. The third-order valence-electron chi connectivity index (χ3n) is 3.19. The summed E-state index contributed by atoms with van der Waals surface area (Å²) in [5.41, 5.74) is 3.71. The van der Waals surface area contributed by atoms with Crippen molar-refractivity contribution in [2.75, 3.05) is 0 Å². The van der Waals surface area contributed by atoms with E-state index >= 15 is 0 Å². The number of rotatable bonds is 4. The summed E-state index contributed by atoms with van der Waals surface area (Å²) in [6.45, 7) is 5.04. The predicted octanol–water partition coefficient (Wildman–Crippen LogP) is 5.15. The molecule has 0 aliphatic heterocycles. The Morgan fingerprint density at radius 2 is 1.68 bits per heavy atom. The number of aryl methyl sites for hydroxylation is 1. The average molecular weight is 294 g/mol. The van der Waals surface area contributed by atoms with E-state index in [2.05, 4.69) is 43.4 Å². The Morgan fingerprint density at radius 3 is 2.32 bits per heavy atom. The summed E-state index contributed by atoms with van der Waals surface area (Å²) >= 11 is 12.0. The largest absolute Gasteiger partial charge is 0.306 e. The van der Waals surface area contributed by atoms with Gasteiger partial charge in [0.1, 0.15) is 0 Å². The van der Waals surface area contributed by atoms with Crippen LogP contribution in [0, 0.1) is 6.92 Å². The lowest BCUT2D eigenvalue weighted by Crippen LogP contribution is -2.18. The minimum atomic E-state index is 0.291. The highest BCUT2D eigenvalue weighted by Gasteiger charge is 2.07. The summed E-state index contributed by atoms with van der Waals surface area (Å²) in [5, 5.41) is 4.84. The molecule has 0 heterocycles. The fourth-order valence-electron chi connectivity index (χ4n) is 2.17. The van der Waals surface area contributed by atoms with Gasteiger partial charge in [-0.3, -0.25) is 0 Å². The molecule has 0 unspecified atom stereocenters. The van der Waals surface area contributed by atoms with Crippen molar-refractivity contribution in [3.63, 3.8) is 0 Å². The van der Waals surface area contributed by atoms with Gasteiger partial charge >= 0.3 is 0 Å². The molecule has 0 saturated heterocycles. The van der Waals surface area contributed by atoms with Crippen LogP contribution < -0.4 is 5.32 Å². The van der Waals surface area contributed by atoms with Crippen molar-refractivity contribution < 1.29 is 0 Å². The molecular weight excluding hydrogens is 277 g/mol. The quantitative estimate of drug-likeness (QED) is 0.822. The summed E-state index contributed by atoms with van der Waals surface area (Å²) < 4.78 is 0. The maximum Gasteiger partial charge on any atom is 0.0424 e. The first kappa shape index (κ1) is 14.4. The molecule has 1 atom stereocenters. The van der Waals surface area contributed by atoms with E-state index < -0.39 is 0 Å². The van der Waals surface area contributed by atoms with Crippen LogP contribution in [0.4, 0.5) is 0 Å². The van der Waals surface area contributed by atoms with Crippen molar-refractivity contribution >= 4 is 23.2 Å². The van der Waals surface area contributed by atoms with Gasteiger partial charge in [-0.05, 0) is 48.7 Å². The molecule has 2 aromatic rings. The molecule has 0 aliphatic rings. The zero-order chi connectivity index (χ0) is 13.8. The van der Waals surface area contributed by atoms with Gasteiger partial charge < -0.3 is 5.32 Å². The van der Waals surface area contributed by atoms with Crippen LogP contribution in [0.15, 0.2) is 42.5 Å². The maximum absolute atomic E-state index is 6.00. The Morgan fingerprint density at radius 1 is 1.05 bits per heavy atom. The molecule has 0 aliphatic carbocycles. The van der Waals surface area contributed by atoms with E-state index in [1.165, 1.54) is 11.1 Å². The fraction of sp³-hybridized carbons (Fsp3) is 0.250. The smallest absolute Gasteiger partial charge is 0.0424 e. The third-order valence-corrected chi connectivity index (χ3v) is 3.63. The van der Waals surface area contributed by atoms with Crippen LogP contribution in [0.5, 0.6) is 0 Å². The Labute approximate surface area is 124 Å². The number of benzene rings is 2. The number of halogens is 2. The van der Waals surface area contributed by atoms with Crippen LogP contribution >= 0.6 is 23.2 Å². The van der Waals surface area contributed by atoms with Gasteiger partial charge in [0.2, 0.25) is 0 Å². The van der Waals surface area contributed by atoms with Gasteiger partial charge in [0.05, 0.1) is 0 Å². The number of nitrogens with one attached hydrogen (secondary N) is 1. The highest BCUT2D eigenvalue weighted by Crippen LogP contribution is 2.21. The Bertz CT molecular complexity index is 546. The first-order chi connectivity index (χ1) is 9.06. The molecule has 0 aromatic heterocycles. The molecule has 0 bridgehead atoms. The second-order valence-corrected chi connectivity index (χ2v) is 5.61. The average Bonchev–Trinajstić information content (AvgIpc) is 2.35. The van der Waals surface area contributed by atoms with Crippen molar-refractivity contribution in [1.82, 2.24) is 5.32 Å². The van der Waals surface area contributed by atoms with E-state index in [4.69, 9.17) is 23.2 Å². The van der Waals surface area contributed by atoms with Gasteiger partial charge in [0.15, 0.2) is 0 Å². The van der Waals surface area contributed by atoms with Gasteiger partial charge in [-0.25, -0.2) is 0 Å². The minimum Gasteiger partial charge on any atom is -0.306 e. The lowest BCUT2D eigenvalue weighted by molar-refractivity contribution is 0.572. The molecule has 1 nitrogen and oxygen atoms in total. The number of hydrogen-bond acceptors (Lipinski definition) is 1. The minimum absolute atomic E-state index is 0.291. The van der Waals surface area contributed by atoms with Crippen LogP contribution in [0.2, 0.25) is 10.0 Å². The van der Waals surface area contributed by atoms with E-state index in [9.17, 15) is 0 Å². The Balaban J connectivity index is 2.04. The summed E-state index contributed by atoms with van der Waals surface area (Å²) in [6, 6.07) is 14.3. The zero-order valence-electron chi connectivity index (χ0n) is 11.1. The molecule has 0 fully saturated rings. The van der Waals surface area contributed by atoms with E-state index in [0.717, 1.165) is 12.1 Å². The normalized spacial score (nSPS) is 12.4. The predicted molar refractivity (Wildman–Crippen MR) is 82.9 cm³/mol. The lowest BCUT2D eigenvalue weighted by Gasteiger charge is -2.16. The fourth-order valence-corrected chi connectivity index (χ4v) is 2.74. The molecule has 1 N–H and O–H groups in total. The zero-order valence-corrected chi connectivity index (χ0v) is 12.6. The molecule has 100 valence electrons. The summed E-state index contributed by atoms with van der Waals surface area (Å²) in [6.07, 6.45) is 0.